The smallest absolute Gasteiger partial charge is 0.164 e. The van der Waals surface area contributed by atoms with Crippen LogP contribution in [0.15, 0.2) is 18.3 Å². The molecule has 134 valence electrons. The van der Waals surface area contributed by atoms with Crippen molar-refractivity contribution < 1.29 is 13.7 Å². The molecule has 1 unspecified atom stereocenters. The van der Waals surface area contributed by atoms with Gasteiger partial charge in [-0.1, -0.05) is 0 Å². The molecule has 25 heavy (non-hydrogen) atoms. The standard InChI is InChI=1S/C16H21N5O3S/c1-23-14-7-12-13(8-15(14)24-2)20-10-11(9-17)16(12)19-5-3-4-6-21-25(18)22/h7-8,10,21H,3-6,18H2,1-2H3,(H,19,20). The van der Waals surface area contributed by atoms with E-state index in [1.54, 1.807) is 20.3 Å². The summed E-state index contributed by atoms with van der Waals surface area (Å²) in [6.07, 6.45) is 3.17. The van der Waals surface area contributed by atoms with E-state index in [9.17, 15) is 9.47 Å². The van der Waals surface area contributed by atoms with Crippen LogP contribution in [0, 0.1) is 11.3 Å². The van der Waals surface area contributed by atoms with E-state index in [0.717, 1.165) is 18.2 Å². The molecule has 1 atom stereocenters. The fourth-order valence-corrected chi connectivity index (χ4v) is 2.78. The zero-order valence-electron chi connectivity index (χ0n) is 14.2. The number of nitrogens with two attached hydrogens (primary N) is 1. The number of fused-ring (bicyclic) bond motifs is 1. The summed E-state index contributed by atoms with van der Waals surface area (Å²) >= 11 is -1.49. The number of aromatic nitrogens is 1. The summed E-state index contributed by atoms with van der Waals surface area (Å²) in [7, 11) is 3.13. The second kappa shape index (κ2) is 9.17. The lowest BCUT2D eigenvalue weighted by Gasteiger charge is -2.14. The zero-order valence-corrected chi connectivity index (χ0v) is 15.0. The number of pyridine rings is 1. The van der Waals surface area contributed by atoms with Crippen molar-refractivity contribution in [3.63, 3.8) is 0 Å². The zero-order chi connectivity index (χ0) is 18.2. The third-order valence-corrected chi connectivity index (χ3v) is 4.13. The van der Waals surface area contributed by atoms with E-state index < -0.39 is 11.2 Å². The van der Waals surface area contributed by atoms with E-state index in [2.05, 4.69) is 21.1 Å². The van der Waals surface area contributed by atoms with Gasteiger partial charge in [-0.05, 0) is 18.9 Å². The Morgan fingerprint density at radius 3 is 2.56 bits per heavy atom. The Labute approximate surface area is 149 Å². The molecule has 0 bridgehead atoms. The maximum atomic E-state index is 10.7. The maximum absolute atomic E-state index is 10.7. The maximum Gasteiger partial charge on any atom is 0.164 e. The number of nitrogens with one attached hydrogen (secondary N) is 2. The molecule has 1 aromatic heterocycles. The number of unbranched alkanes of at least 4 members (excludes halogenated alkanes) is 1. The summed E-state index contributed by atoms with van der Waals surface area (Å²) in [6, 6.07) is 5.74. The number of methoxy groups -OCH3 is 2. The first-order valence-electron chi connectivity index (χ1n) is 7.69. The quantitative estimate of drug-likeness (QED) is 0.580. The van der Waals surface area contributed by atoms with Crippen LogP contribution in [0.2, 0.25) is 0 Å². The number of rotatable bonds is 9. The molecule has 0 amide bonds. The highest BCUT2D eigenvalue weighted by molar-refractivity contribution is 7.80. The predicted octanol–water partition coefficient (Wildman–Crippen LogP) is 1.44. The van der Waals surface area contributed by atoms with Gasteiger partial charge in [0.1, 0.15) is 6.07 Å². The van der Waals surface area contributed by atoms with Gasteiger partial charge in [-0.15, -0.1) is 0 Å². The van der Waals surface area contributed by atoms with Crippen LogP contribution >= 0.6 is 0 Å². The molecule has 0 aliphatic carbocycles. The van der Waals surface area contributed by atoms with E-state index >= 15 is 0 Å². The van der Waals surface area contributed by atoms with Gasteiger partial charge in [0.05, 0.1) is 31.0 Å². The van der Waals surface area contributed by atoms with Crippen LogP contribution in [0.1, 0.15) is 18.4 Å². The molecule has 0 aliphatic rings. The molecule has 4 N–H and O–H groups in total. The molecular formula is C16H21N5O3S. The second-order valence-electron chi connectivity index (χ2n) is 5.21. The van der Waals surface area contributed by atoms with E-state index in [1.807, 2.05) is 6.07 Å². The predicted molar refractivity (Wildman–Crippen MR) is 97.6 cm³/mol. The minimum absolute atomic E-state index is 0.459. The third kappa shape index (κ3) is 4.79. The van der Waals surface area contributed by atoms with Gasteiger partial charge in [-0.2, -0.15) is 5.26 Å². The fourth-order valence-electron chi connectivity index (χ4n) is 2.43. The van der Waals surface area contributed by atoms with Crippen LogP contribution in [0.4, 0.5) is 5.69 Å². The van der Waals surface area contributed by atoms with Gasteiger partial charge in [-0.25, -0.2) is 14.1 Å². The van der Waals surface area contributed by atoms with E-state index in [4.69, 9.17) is 14.6 Å². The van der Waals surface area contributed by atoms with Crippen LogP contribution in [-0.2, 0) is 11.2 Å². The number of hydrogen-bond acceptors (Lipinski definition) is 6. The first-order chi connectivity index (χ1) is 12.1. The third-order valence-electron chi connectivity index (χ3n) is 3.64. The molecule has 0 spiro atoms. The van der Waals surface area contributed by atoms with Crippen LogP contribution in [0.5, 0.6) is 11.5 Å². The first kappa shape index (κ1) is 18.9. The molecule has 0 saturated heterocycles. The minimum Gasteiger partial charge on any atom is -0.493 e. The number of benzene rings is 1. The molecular weight excluding hydrogens is 342 g/mol. The van der Waals surface area contributed by atoms with Gasteiger partial charge in [-0.3, -0.25) is 4.98 Å². The Balaban J connectivity index is 2.21. The molecule has 2 rings (SSSR count). The molecule has 0 saturated carbocycles. The van der Waals surface area contributed by atoms with E-state index in [-0.39, 0.29) is 0 Å². The monoisotopic (exact) mass is 363 g/mol. The Bertz CT molecular complexity index is 806. The molecule has 0 radical (unpaired) electrons. The number of nitrogens with zero attached hydrogens (tertiary/aromatic N) is 2. The summed E-state index contributed by atoms with van der Waals surface area (Å²) in [4.78, 5) is 4.32. The van der Waals surface area contributed by atoms with Crippen molar-refractivity contribution in [2.75, 3.05) is 32.6 Å². The Morgan fingerprint density at radius 1 is 1.24 bits per heavy atom. The van der Waals surface area contributed by atoms with Crippen molar-refractivity contribution in [1.82, 2.24) is 9.71 Å². The number of hydrogen-bond donors (Lipinski definition) is 3. The highest BCUT2D eigenvalue weighted by atomic mass is 32.2. The van der Waals surface area contributed by atoms with Crippen LogP contribution in [-0.4, -0.2) is 36.5 Å². The SMILES string of the molecule is COc1cc2ncc(C#N)c(NCCCCNS(N)=O)c2cc1OC. The summed E-state index contributed by atoms with van der Waals surface area (Å²) in [5.41, 5.74) is 1.88. The minimum atomic E-state index is -1.49. The van der Waals surface area contributed by atoms with Gasteiger partial charge >= 0.3 is 0 Å². The van der Waals surface area contributed by atoms with Gasteiger partial charge in [0, 0.05) is 30.7 Å². The molecule has 1 heterocycles. The topological polar surface area (TPSA) is 122 Å². The molecule has 8 nitrogen and oxygen atoms in total. The summed E-state index contributed by atoms with van der Waals surface area (Å²) in [6.45, 7) is 1.22. The highest BCUT2D eigenvalue weighted by Crippen LogP contribution is 2.35. The number of ether oxygens (including phenoxy) is 2. The van der Waals surface area contributed by atoms with Gasteiger partial charge < -0.3 is 14.8 Å². The van der Waals surface area contributed by atoms with Gasteiger partial charge in [0.25, 0.3) is 0 Å². The lowest BCUT2D eigenvalue weighted by atomic mass is 10.1. The van der Waals surface area contributed by atoms with Crippen molar-refractivity contribution in [2.24, 2.45) is 5.14 Å². The number of anilines is 1. The van der Waals surface area contributed by atoms with Crippen LogP contribution < -0.4 is 24.7 Å². The summed E-state index contributed by atoms with van der Waals surface area (Å²) < 4.78 is 24.0. The molecule has 0 fully saturated rings. The van der Waals surface area contributed by atoms with Crippen molar-refractivity contribution in [2.45, 2.75) is 12.8 Å². The van der Waals surface area contributed by atoms with Crippen molar-refractivity contribution in [1.29, 1.82) is 5.26 Å². The average molecular weight is 363 g/mol. The number of nitriles is 1. The average Bonchev–Trinajstić information content (AvgIpc) is 2.62. The lowest BCUT2D eigenvalue weighted by molar-refractivity contribution is 0.356. The molecule has 0 aliphatic heterocycles. The Hall–Kier alpha value is -2.41. The molecule has 1 aromatic carbocycles. The van der Waals surface area contributed by atoms with Crippen LogP contribution in [0.3, 0.4) is 0 Å². The summed E-state index contributed by atoms with van der Waals surface area (Å²) in [5.74, 6) is 1.16. The van der Waals surface area contributed by atoms with E-state index in [0.29, 0.717) is 41.4 Å². The van der Waals surface area contributed by atoms with E-state index in [1.165, 1.54) is 6.20 Å². The lowest BCUT2D eigenvalue weighted by Crippen LogP contribution is -2.25. The fraction of sp³-hybridized carbons (Fsp3) is 0.375. The Kier molecular flexibility index (Phi) is 6.94. The highest BCUT2D eigenvalue weighted by Gasteiger charge is 2.13. The van der Waals surface area contributed by atoms with Crippen LogP contribution in [0.25, 0.3) is 10.9 Å². The van der Waals surface area contributed by atoms with Gasteiger partial charge in [0.15, 0.2) is 22.7 Å². The van der Waals surface area contributed by atoms with Crippen molar-refractivity contribution in [3.8, 4) is 17.6 Å². The molecule has 9 heteroatoms. The largest absolute Gasteiger partial charge is 0.493 e. The normalized spacial score (nSPS) is 11.8. The van der Waals surface area contributed by atoms with Crippen molar-refractivity contribution in [3.05, 3.63) is 23.9 Å². The Morgan fingerprint density at radius 2 is 1.92 bits per heavy atom. The summed E-state index contributed by atoms with van der Waals surface area (Å²) in [5, 5.41) is 18.6. The first-order valence-corrected chi connectivity index (χ1v) is 8.90. The van der Waals surface area contributed by atoms with Gasteiger partial charge in [0.2, 0.25) is 0 Å². The molecule has 2 aromatic rings. The second-order valence-corrected chi connectivity index (χ2v) is 6.09. The van der Waals surface area contributed by atoms with Crippen molar-refractivity contribution >= 4 is 27.8 Å².